The molecule has 1 aromatic heterocycles. The number of carbonyl (C=O) groups is 2. The minimum atomic E-state index is -0.299. The normalized spacial score (nSPS) is 12.9. The maximum absolute atomic E-state index is 13.4. The molecule has 2 amide bonds. The van der Waals surface area contributed by atoms with E-state index in [-0.39, 0.29) is 36.2 Å². The molecule has 0 bridgehead atoms. The van der Waals surface area contributed by atoms with Crippen molar-refractivity contribution in [2.24, 2.45) is 11.8 Å². The fraction of sp³-hybridized carbons (Fsp3) is 0.607. The van der Waals surface area contributed by atoms with Gasteiger partial charge in [-0.3, -0.25) is 14.3 Å². The first kappa shape index (κ1) is 29.2. The Kier molecular flexibility index (Phi) is 11.3. The SMILES string of the molecule is CCCCNC(=O)C[C@H](CC(C)C)NC(=O)c1cc(-c2c(OC)cccc2OC)n(C(C)C(C)C)n1. The zero-order valence-corrected chi connectivity index (χ0v) is 23.2. The van der Waals surface area contributed by atoms with Crippen molar-refractivity contribution in [1.29, 1.82) is 0 Å². The second-order valence-corrected chi connectivity index (χ2v) is 10.1. The van der Waals surface area contributed by atoms with Crippen molar-refractivity contribution in [3.8, 4) is 22.8 Å². The monoisotopic (exact) mass is 500 g/mol. The lowest BCUT2D eigenvalue weighted by atomic mass is 10.0. The number of carbonyl (C=O) groups excluding carboxylic acids is 2. The summed E-state index contributed by atoms with van der Waals surface area (Å²) in [5.41, 5.74) is 1.79. The fourth-order valence-corrected chi connectivity index (χ4v) is 4.11. The van der Waals surface area contributed by atoms with Crippen molar-refractivity contribution in [2.45, 2.75) is 79.3 Å². The van der Waals surface area contributed by atoms with Crippen molar-refractivity contribution in [1.82, 2.24) is 20.4 Å². The first-order valence-electron chi connectivity index (χ1n) is 13.0. The maximum atomic E-state index is 13.4. The molecule has 36 heavy (non-hydrogen) atoms. The number of ether oxygens (including phenoxy) is 2. The van der Waals surface area contributed by atoms with Crippen molar-refractivity contribution in [3.63, 3.8) is 0 Å². The second kappa shape index (κ2) is 13.9. The van der Waals surface area contributed by atoms with Crippen LogP contribution < -0.4 is 20.1 Å². The lowest BCUT2D eigenvalue weighted by molar-refractivity contribution is -0.121. The quantitative estimate of drug-likeness (QED) is 0.346. The summed E-state index contributed by atoms with van der Waals surface area (Å²) in [4.78, 5) is 25.9. The van der Waals surface area contributed by atoms with Crippen LogP contribution in [-0.2, 0) is 4.79 Å². The van der Waals surface area contributed by atoms with E-state index >= 15 is 0 Å². The summed E-state index contributed by atoms with van der Waals surface area (Å²) in [5, 5.41) is 10.7. The van der Waals surface area contributed by atoms with Gasteiger partial charge < -0.3 is 20.1 Å². The summed E-state index contributed by atoms with van der Waals surface area (Å²) in [6.07, 6.45) is 2.89. The summed E-state index contributed by atoms with van der Waals surface area (Å²) < 4.78 is 13.1. The molecule has 1 heterocycles. The number of nitrogens with zero attached hydrogens (tertiary/aromatic N) is 2. The van der Waals surface area contributed by atoms with Crippen molar-refractivity contribution in [3.05, 3.63) is 30.0 Å². The van der Waals surface area contributed by atoms with Crippen LogP contribution in [0, 0.1) is 11.8 Å². The molecule has 1 unspecified atom stereocenters. The van der Waals surface area contributed by atoms with Gasteiger partial charge >= 0.3 is 0 Å². The molecule has 2 N–H and O–H groups in total. The predicted molar refractivity (Wildman–Crippen MR) is 144 cm³/mol. The molecule has 8 nitrogen and oxygen atoms in total. The van der Waals surface area contributed by atoms with E-state index in [2.05, 4.69) is 52.2 Å². The van der Waals surface area contributed by atoms with Crippen LogP contribution in [0.15, 0.2) is 24.3 Å². The molecule has 0 aliphatic carbocycles. The Balaban J connectivity index is 2.41. The molecule has 2 atom stereocenters. The third-order valence-corrected chi connectivity index (χ3v) is 6.38. The molecule has 0 aliphatic heterocycles. The van der Waals surface area contributed by atoms with Gasteiger partial charge in [0.15, 0.2) is 5.69 Å². The number of hydrogen-bond donors (Lipinski definition) is 2. The van der Waals surface area contributed by atoms with Gasteiger partial charge in [0.05, 0.1) is 31.5 Å². The Morgan fingerprint density at radius 1 is 1.06 bits per heavy atom. The van der Waals surface area contributed by atoms with E-state index in [1.54, 1.807) is 20.3 Å². The molecule has 0 fully saturated rings. The number of nitrogens with one attached hydrogen (secondary N) is 2. The topological polar surface area (TPSA) is 94.5 Å². The molecule has 2 aromatic rings. The molecule has 8 heteroatoms. The van der Waals surface area contributed by atoms with Gasteiger partial charge in [-0.1, -0.05) is 47.1 Å². The third-order valence-electron chi connectivity index (χ3n) is 6.38. The van der Waals surface area contributed by atoms with Gasteiger partial charge in [-0.25, -0.2) is 0 Å². The summed E-state index contributed by atoms with van der Waals surface area (Å²) in [7, 11) is 3.22. The zero-order chi connectivity index (χ0) is 26.8. The molecular weight excluding hydrogens is 456 g/mol. The van der Waals surface area contributed by atoms with E-state index in [4.69, 9.17) is 14.6 Å². The average molecular weight is 501 g/mol. The highest BCUT2D eigenvalue weighted by Crippen LogP contribution is 2.40. The minimum absolute atomic E-state index is 0.0203. The Hall–Kier alpha value is -3.03. The number of amides is 2. The van der Waals surface area contributed by atoms with Gasteiger partial charge in [-0.05, 0) is 49.8 Å². The highest BCUT2D eigenvalue weighted by Gasteiger charge is 2.26. The van der Waals surface area contributed by atoms with Crippen LogP contribution in [0.1, 0.15) is 83.8 Å². The van der Waals surface area contributed by atoms with Crippen LogP contribution in [0.2, 0.25) is 0 Å². The maximum Gasteiger partial charge on any atom is 0.272 e. The molecule has 0 radical (unpaired) electrons. The molecular formula is C28H44N4O4. The number of rotatable bonds is 14. The average Bonchev–Trinajstić information content (AvgIpc) is 3.27. The summed E-state index contributed by atoms with van der Waals surface area (Å²) in [6, 6.07) is 7.12. The third kappa shape index (κ3) is 7.73. The van der Waals surface area contributed by atoms with Gasteiger partial charge in [0.2, 0.25) is 5.91 Å². The molecule has 1 aromatic carbocycles. The second-order valence-electron chi connectivity index (χ2n) is 10.1. The van der Waals surface area contributed by atoms with Crippen LogP contribution in [0.4, 0.5) is 0 Å². The van der Waals surface area contributed by atoms with Crippen LogP contribution >= 0.6 is 0 Å². The van der Waals surface area contributed by atoms with Crippen molar-refractivity contribution in [2.75, 3.05) is 20.8 Å². The van der Waals surface area contributed by atoms with E-state index in [1.165, 1.54) is 0 Å². The van der Waals surface area contributed by atoms with Gasteiger partial charge in [0, 0.05) is 19.0 Å². The van der Waals surface area contributed by atoms with Crippen molar-refractivity contribution >= 4 is 11.8 Å². The van der Waals surface area contributed by atoms with E-state index in [1.807, 2.05) is 22.9 Å². The smallest absolute Gasteiger partial charge is 0.272 e. The molecule has 0 saturated heterocycles. The zero-order valence-electron chi connectivity index (χ0n) is 23.2. The lowest BCUT2D eigenvalue weighted by Crippen LogP contribution is -2.40. The van der Waals surface area contributed by atoms with E-state index in [9.17, 15) is 9.59 Å². The van der Waals surface area contributed by atoms with E-state index in [0.717, 1.165) is 24.1 Å². The van der Waals surface area contributed by atoms with Gasteiger partial charge in [-0.2, -0.15) is 5.10 Å². The predicted octanol–water partition coefficient (Wildman–Crippen LogP) is 5.24. The first-order valence-corrected chi connectivity index (χ1v) is 13.0. The summed E-state index contributed by atoms with van der Waals surface area (Å²) in [5.74, 6) is 1.53. The summed E-state index contributed by atoms with van der Waals surface area (Å²) in [6.45, 7) is 13.2. The Bertz CT molecular complexity index is 977. The largest absolute Gasteiger partial charge is 0.496 e. The first-order chi connectivity index (χ1) is 17.1. The van der Waals surface area contributed by atoms with Gasteiger partial charge in [-0.15, -0.1) is 0 Å². The number of aromatic nitrogens is 2. The number of methoxy groups -OCH3 is 2. The number of unbranched alkanes of at least 4 members (excludes halogenated alkanes) is 1. The Morgan fingerprint density at radius 3 is 2.22 bits per heavy atom. The lowest BCUT2D eigenvalue weighted by Gasteiger charge is -2.21. The Morgan fingerprint density at radius 2 is 1.69 bits per heavy atom. The molecule has 0 aliphatic rings. The van der Waals surface area contributed by atoms with Gasteiger partial charge in [0.1, 0.15) is 11.5 Å². The van der Waals surface area contributed by atoms with Crippen LogP contribution in [0.5, 0.6) is 11.5 Å². The Labute approximate surface area is 216 Å². The fourth-order valence-electron chi connectivity index (χ4n) is 4.11. The highest BCUT2D eigenvalue weighted by molar-refractivity contribution is 5.94. The van der Waals surface area contributed by atoms with Crippen LogP contribution in [0.3, 0.4) is 0 Å². The van der Waals surface area contributed by atoms with Gasteiger partial charge in [0.25, 0.3) is 5.91 Å². The van der Waals surface area contributed by atoms with E-state index < -0.39 is 0 Å². The van der Waals surface area contributed by atoms with Crippen LogP contribution in [-0.4, -0.2) is 48.4 Å². The van der Waals surface area contributed by atoms with Crippen LogP contribution in [0.25, 0.3) is 11.3 Å². The molecule has 0 saturated carbocycles. The number of hydrogen-bond acceptors (Lipinski definition) is 5. The van der Waals surface area contributed by atoms with E-state index in [0.29, 0.717) is 36.1 Å². The molecule has 2 rings (SSSR count). The van der Waals surface area contributed by atoms with Crippen molar-refractivity contribution < 1.29 is 19.1 Å². The molecule has 0 spiro atoms. The standard InChI is InChI=1S/C28H44N4O4/c1-9-10-14-29-26(33)16-21(15-18(2)3)30-28(34)22-17-23(32(31-22)20(6)19(4)5)27-24(35-7)12-11-13-25(27)36-8/h11-13,17-21H,9-10,14-16H2,1-8H3,(H,29,33)(H,30,34)/t20?,21-/m0/s1. The summed E-state index contributed by atoms with van der Waals surface area (Å²) >= 11 is 0. The minimum Gasteiger partial charge on any atom is -0.496 e. The highest BCUT2D eigenvalue weighted by atomic mass is 16.5. The molecule has 200 valence electrons. The number of benzene rings is 1.